The lowest BCUT2D eigenvalue weighted by Gasteiger charge is -2.27. The highest BCUT2D eigenvalue weighted by molar-refractivity contribution is 9.10. The van der Waals surface area contributed by atoms with Crippen molar-refractivity contribution >= 4 is 15.9 Å². The highest BCUT2D eigenvalue weighted by Crippen LogP contribution is 2.33. The molecule has 1 heterocycles. The lowest BCUT2D eigenvalue weighted by Crippen LogP contribution is -2.25. The summed E-state index contributed by atoms with van der Waals surface area (Å²) in [5.41, 5.74) is 1.17. The van der Waals surface area contributed by atoms with Gasteiger partial charge in [-0.3, -0.25) is 4.98 Å². The first-order chi connectivity index (χ1) is 8.81. The predicted octanol–water partition coefficient (Wildman–Crippen LogP) is 4.47. The molecule has 0 aliphatic heterocycles. The van der Waals surface area contributed by atoms with E-state index >= 15 is 0 Å². The third kappa shape index (κ3) is 3.79. The fourth-order valence-corrected chi connectivity index (χ4v) is 3.48. The molecule has 1 saturated carbocycles. The molecular formula is C15H23BrN2. The Kier molecular flexibility index (Phi) is 5.64. The Hall–Kier alpha value is -0.410. The van der Waals surface area contributed by atoms with Gasteiger partial charge in [-0.15, -0.1) is 0 Å². The van der Waals surface area contributed by atoms with Crippen LogP contribution in [-0.2, 0) is 0 Å². The Morgan fingerprint density at radius 3 is 2.83 bits per heavy atom. The number of nitrogens with zero attached hydrogens (tertiary/aromatic N) is 1. The van der Waals surface area contributed by atoms with Gasteiger partial charge in [0.25, 0.3) is 0 Å². The molecule has 1 N–H and O–H groups in total. The van der Waals surface area contributed by atoms with Crippen molar-refractivity contribution in [2.75, 3.05) is 6.54 Å². The van der Waals surface area contributed by atoms with E-state index in [0.29, 0.717) is 6.04 Å². The summed E-state index contributed by atoms with van der Waals surface area (Å²) in [5, 5.41) is 3.59. The largest absolute Gasteiger partial charge is 0.309 e. The number of pyridine rings is 1. The van der Waals surface area contributed by atoms with Crippen molar-refractivity contribution in [3.8, 4) is 0 Å². The summed E-state index contributed by atoms with van der Waals surface area (Å²) in [6.07, 6.45) is 10.2. The van der Waals surface area contributed by atoms with Crippen LogP contribution in [0.25, 0.3) is 0 Å². The molecule has 18 heavy (non-hydrogen) atoms. The number of halogens is 1. The van der Waals surface area contributed by atoms with Crippen LogP contribution in [0.1, 0.15) is 57.2 Å². The van der Waals surface area contributed by atoms with Gasteiger partial charge in [-0.25, -0.2) is 0 Å². The van der Waals surface area contributed by atoms with Crippen molar-refractivity contribution in [2.45, 2.75) is 51.5 Å². The average molecular weight is 311 g/mol. The second-order valence-corrected chi connectivity index (χ2v) is 6.07. The van der Waals surface area contributed by atoms with Crippen molar-refractivity contribution < 1.29 is 0 Å². The summed E-state index contributed by atoms with van der Waals surface area (Å²) in [7, 11) is 0. The minimum Gasteiger partial charge on any atom is -0.309 e. The molecule has 0 radical (unpaired) electrons. The molecule has 1 aromatic rings. The van der Waals surface area contributed by atoms with Crippen molar-refractivity contribution in [3.05, 3.63) is 28.5 Å². The normalized spacial score (nSPS) is 18.8. The number of nitrogens with one attached hydrogen (secondary N) is 1. The van der Waals surface area contributed by atoms with Crippen molar-refractivity contribution in [3.63, 3.8) is 0 Å². The third-order valence-electron chi connectivity index (χ3n) is 3.86. The van der Waals surface area contributed by atoms with Gasteiger partial charge < -0.3 is 5.32 Å². The molecule has 2 rings (SSSR count). The van der Waals surface area contributed by atoms with E-state index in [1.54, 1.807) is 0 Å². The molecule has 1 atom stereocenters. The van der Waals surface area contributed by atoms with Gasteiger partial charge in [0.2, 0.25) is 0 Å². The fraction of sp³-hybridized carbons (Fsp3) is 0.667. The van der Waals surface area contributed by atoms with Gasteiger partial charge in [0, 0.05) is 10.7 Å². The summed E-state index contributed by atoms with van der Waals surface area (Å²) in [4.78, 5) is 4.55. The molecule has 2 nitrogen and oxygen atoms in total. The molecule has 1 aliphatic carbocycles. The highest BCUT2D eigenvalue weighted by Gasteiger charge is 2.21. The van der Waals surface area contributed by atoms with Gasteiger partial charge >= 0.3 is 0 Å². The standard InChI is InChI=1S/C15H23BrN2/c1-2-17-14(11-12-7-4-3-5-8-12)15-13(16)9-6-10-18-15/h6,9-10,12,14,17H,2-5,7-8,11H2,1H3. The quantitative estimate of drug-likeness (QED) is 0.868. The lowest BCUT2D eigenvalue weighted by molar-refractivity contribution is 0.299. The average Bonchev–Trinajstić information content (AvgIpc) is 2.40. The molecule has 0 aromatic carbocycles. The van der Waals surface area contributed by atoms with Crippen LogP contribution in [0.5, 0.6) is 0 Å². The van der Waals surface area contributed by atoms with E-state index in [2.05, 4.69) is 39.2 Å². The maximum absolute atomic E-state index is 4.55. The monoisotopic (exact) mass is 310 g/mol. The Balaban J connectivity index is 2.05. The van der Waals surface area contributed by atoms with E-state index in [4.69, 9.17) is 0 Å². The molecule has 0 amide bonds. The van der Waals surface area contributed by atoms with E-state index in [-0.39, 0.29) is 0 Å². The SMILES string of the molecule is CCNC(CC1CCCCC1)c1ncccc1Br. The molecule has 0 spiro atoms. The zero-order chi connectivity index (χ0) is 12.8. The zero-order valence-electron chi connectivity index (χ0n) is 11.2. The molecule has 1 aromatic heterocycles. The molecule has 1 aliphatic rings. The van der Waals surface area contributed by atoms with Gasteiger partial charge in [0.05, 0.1) is 11.7 Å². The van der Waals surface area contributed by atoms with Gasteiger partial charge in [-0.2, -0.15) is 0 Å². The van der Waals surface area contributed by atoms with Crippen molar-refractivity contribution in [1.29, 1.82) is 0 Å². The van der Waals surface area contributed by atoms with Gasteiger partial charge in [0.15, 0.2) is 0 Å². The van der Waals surface area contributed by atoms with E-state index in [0.717, 1.165) is 16.9 Å². The predicted molar refractivity (Wildman–Crippen MR) is 79.5 cm³/mol. The van der Waals surface area contributed by atoms with Gasteiger partial charge in [-0.05, 0) is 46.9 Å². The molecular weight excluding hydrogens is 288 g/mol. The third-order valence-corrected chi connectivity index (χ3v) is 4.53. The molecule has 100 valence electrons. The Morgan fingerprint density at radius 1 is 1.39 bits per heavy atom. The van der Waals surface area contributed by atoms with Gasteiger partial charge in [-0.1, -0.05) is 39.0 Å². The van der Waals surface area contributed by atoms with E-state index < -0.39 is 0 Å². The van der Waals surface area contributed by atoms with Crippen LogP contribution in [0, 0.1) is 5.92 Å². The maximum atomic E-state index is 4.55. The maximum Gasteiger partial charge on any atom is 0.0714 e. The minimum absolute atomic E-state index is 0.397. The minimum atomic E-state index is 0.397. The van der Waals surface area contributed by atoms with Crippen LogP contribution >= 0.6 is 15.9 Å². The lowest BCUT2D eigenvalue weighted by atomic mass is 9.84. The summed E-state index contributed by atoms with van der Waals surface area (Å²) in [6, 6.07) is 4.47. The molecule has 0 bridgehead atoms. The Labute approximate surface area is 119 Å². The van der Waals surface area contributed by atoms with Crippen LogP contribution in [0.15, 0.2) is 22.8 Å². The first-order valence-electron chi connectivity index (χ1n) is 7.15. The second kappa shape index (κ2) is 7.25. The Bertz CT molecular complexity index is 361. The summed E-state index contributed by atoms with van der Waals surface area (Å²) in [6.45, 7) is 3.17. The second-order valence-electron chi connectivity index (χ2n) is 5.22. The first kappa shape index (κ1) is 14.0. The summed E-state index contributed by atoms with van der Waals surface area (Å²) < 4.78 is 1.13. The van der Waals surface area contributed by atoms with Crippen molar-refractivity contribution in [2.24, 2.45) is 5.92 Å². The van der Waals surface area contributed by atoms with E-state index in [1.165, 1.54) is 44.2 Å². The van der Waals surface area contributed by atoms with Crippen LogP contribution in [0.2, 0.25) is 0 Å². The molecule has 1 unspecified atom stereocenters. The highest BCUT2D eigenvalue weighted by atomic mass is 79.9. The summed E-state index contributed by atoms with van der Waals surface area (Å²) in [5.74, 6) is 0.872. The first-order valence-corrected chi connectivity index (χ1v) is 7.94. The smallest absolute Gasteiger partial charge is 0.0714 e. The number of aromatic nitrogens is 1. The molecule has 0 saturated heterocycles. The van der Waals surface area contributed by atoms with Crippen LogP contribution < -0.4 is 5.32 Å². The number of hydrogen-bond acceptors (Lipinski definition) is 2. The van der Waals surface area contributed by atoms with Crippen LogP contribution in [0.4, 0.5) is 0 Å². The molecule has 3 heteroatoms. The summed E-state index contributed by atoms with van der Waals surface area (Å²) >= 11 is 3.63. The fourth-order valence-electron chi connectivity index (χ4n) is 2.95. The zero-order valence-corrected chi connectivity index (χ0v) is 12.7. The van der Waals surface area contributed by atoms with Crippen LogP contribution in [-0.4, -0.2) is 11.5 Å². The van der Waals surface area contributed by atoms with Crippen LogP contribution in [0.3, 0.4) is 0 Å². The Morgan fingerprint density at radius 2 is 2.17 bits per heavy atom. The van der Waals surface area contributed by atoms with Gasteiger partial charge in [0.1, 0.15) is 0 Å². The topological polar surface area (TPSA) is 24.9 Å². The number of hydrogen-bond donors (Lipinski definition) is 1. The number of rotatable bonds is 5. The van der Waals surface area contributed by atoms with E-state index in [1.807, 2.05) is 12.3 Å². The molecule has 1 fully saturated rings. The van der Waals surface area contributed by atoms with E-state index in [9.17, 15) is 0 Å². The van der Waals surface area contributed by atoms with Crippen molar-refractivity contribution in [1.82, 2.24) is 10.3 Å².